The van der Waals surface area contributed by atoms with Crippen LogP contribution in [-0.4, -0.2) is 18.7 Å². The van der Waals surface area contributed by atoms with Crippen LogP contribution in [0.3, 0.4) is 0 Å². The molecular weight excluding hydrogens is 154 g/mol. The van der Waals surface area contributed by atoms with Gasteiger partial charge in [-0.15, -0.1) is 0 Å². The minimum atomic E-state index is 0.633. The topological polar surface area (TPSA) is 31.4 Å². The number of hydrogen-bond acceptors (Lipinski definition) is 3. The van der Waals surface area contributed by atoms with Crippen molar-refractivity contribution in [2.24, 2.45) is 0 Å². The fraction of sp³-hybridized carbons (Fsp3) is 0.444. The molecule has 0 saturated carbocycles. The molecule has 2 rings (SSSR count). The molecule has 0 bridgehead atoms. The summed E-state index contributed by atoms with van der Waals surface area (Å²) in [6.07, 6.45) is 0.970. The van der Waals surface area contributed by atoms with Crippen molar-refractivity contribution >= 4 is 0 Å². The molecule has 0 spiro atoms. The quantitative estimate of drug-likeness (QED) is 0.629. The Kier molecular flexibility index (Phi) is 1.64. The minimum Gasteiger partial charge on any atom is -0.481 e. The Bertz CT molecular complexity index is 310. The van der Waals surface area contributed by atoms with Crippen LogP contribution in [0, 0.1) is 6.92 Å². The highest BCUT2D eigenvalue weighted by atomic mass is 16.5. The fourth-order valence-corrected chi connectivity index (χ4v) is 1.42. The molecule has 3 heteroatoms. The highest BCUT2D eigenvalue weighted by molar-refractivity contribution is 5.40. The molecule has 1 aliphatic rings. The lowest BCUT2D eigenvalue weighted by atomic mass is 10.1. The van der Waals surface area contributed by atoms with Crippen molar-refractivity contribution in [3.8, 4) is 11.8 Å². The van der Waals surface area contributed by atoms with Crippen molar-refractivity contribution in [2.45, 2.75) is 13.3 Å². The van der Waals surface area contributed by atoms with E-state index in [1.54, 1.807) is 7.11 Å². The Balaban J connectivity index is 2.51. The third kappa shape index (κ3) is 1.02. The highest BCUT2D eigenvalue weighted by Crippen LogP contribution is 2.28. The lowest BCUT2D eigenvalue weighted by Crippen LogP contribution is -1.92. The smallest absolute Gasteiger partial charge is 0.220 e. The SMILES string of the molecule is COc1cc(C)c2c(n1)OCC2. The molecule has 0 aromatic carbocycles. The third-order valence-corrected chi connectivity index (χ3v) is 2.09. The molecule has 0 unspecified atom stereocenters. The zero-order chi connectivity index (χ0) is 8.55. The van der Waals surface area contributed by atoms with E-state index in [0.717, 1.165) is 18.9 Å². The second-order valence-electron chi connectivity index (χ2n) is 2.86. The van der Waals surface area contributed by atoms with Gasteiger partial charge in [0.1, 0.15) is 0 Å². The molecule has 0 radical (unpaired) electrons. The Hall–Kier alpha value is -1.25. The predicted octanol–water partition coefficient (Wildman–Crippen LogP) is 1.33. The van der Waals surface area contributed by atoms with E-state index in [9.17, 15) is 0 Å². The maximum Gasteiger partial charge on any atom is 0.220 e. The van der Waals surface area contributed by atoms with Crippen LogP contribution in [0.4, 0.5) is 0 Å². The number of ether oxygens (including phenoxy) is 2. The van der Waals surface area contributed by atoms with Gasteiger partial charge in [0.2, 0.25) is 11.8 Å². The summed E-state index contributed by atoms with van der Waals surface area (Å²) in [5, 5.41) is 0. The maximum atomic E-state index is 5.33. The van der Waals surface area contributed by atoms with Gasteiger partial charge in [0, 0.05) is 18.1 Å². The third-order valence-electron chi connectivity index (χ3n) is 2.09. The normalized spacial score (nSPS) is 13.8. The summed E-state index contributed by atoms with van der Waals surface area (Å²) in [7, 11) is 1.61. The average molecular weight is 165 g/mol. The van der Waals surface area contributed by atoms with Crippen LogP contribution in [0.1, 0.15) is 11.1 Å². The molecule has 0 atom stereocenters. The fourth-order valence-electron chi connectivity index (χ4n) is 1.42. The van der Waals surface area contributed by atoms with Crippen molar-refractivity contribution in [2.75, 3.05) is 13.7 Å². The van der Waals surface area contributed by atoms with Gasteiger partial charge in [-0.2, -0.15) is 4.98 Å². The summed E-state index contributed by atoms with van der Waals surface area (Å²) in [5.41, 5.74) is 2.42. The van der Waals surface area contributed by atoms with Crippen LogP contribution in [0.15, 0.2) is 6.07 Å². The van der Waals surface area contributed by atoms with E-state index in [-0.39, 0.29) is 0 Å². The lowest BCUT2D eigenvalue weighted by Gasteiger charge is -2.04. The van der Waals surface area contributed by atoms with Crippen molar-refractivity contribution in [3.05, 3.63) is 17.2 Å². The molecule has 0 aliphatic carbocycles. The molecule has 0 saturated heterocycles. The van der Waals surface area contributed by atoms with Crippen LogP contribution in [0.2, 0.25) is 0 Å². The Morgan fingerprint density at radius 1 is 1.58 bits per heavy atom. The van der Waals surface area contributed by atoms with Crippen molar-refractivity contribution < 1.29 is 9.47 Å². The van der Waals surface area contributed by atoms with E-state index in [4.69, 9.17) is 9.47 Å². The summed E-state index contributed by atoms with van der Waals surface area (Å²) < 4.78 is 10.4. The van der Waals surface area contributed by atoms with E-state index in [1.165, 1.54) is 11.1 Å². The first-order valence-electron chi connectivity index (χ1n) is 3.98. The molecule has 1 aromatic rings. The number of nitrogens with zero attached hydrogens (tertiary/aromatic N) is 1. The Labute approximate surface area is 71.3 Å². The van der Waals surface area contributed by atoms with Gasteiger partial charge in [0.15, 0.2) is 0 Å². The largest absolute Gasteiger partial charge is 0.481 e. The van der Waals surface area contributed by atoms with Crippen LogP contribution in [-0.2, 0) is 6.42 Å². The molecule has 0 N–H and O–H groups in total. The molecule has 1 aliphatic heterocycles. The number of fused-ring (bicyclic) bond motifs is 1. The van der Waals surface area contributed by atoms with Gasteiger partial charge in [0.25, 0.3) is 0 Å². The lowest BCUT2D eigenvalue weighted by molar-refractivity contribution is 0.333. The van der Waals surface area contributed by atoms with Gasteiger partial charge >= 0.3 is 0 Å². The highest BCUT2D eigenvalue weighted by Gasteiger charge is 2.17. The second-order valence-corrected chi connectivity index (χ2v) is 2.86. The zero-order valence-corrected chi connectivity index (χ0v) is 7.26. The number of aromatic nitrogens is 1. The molecule has 0 amide bonds. The molecule has 64 valence electrons. The van der Waals surface area contributed by atoms with E-state index >= 15 is 0 Å². The number of hydrogen-bond donors (Lipinski definition) is 0. The van der Waals surface area contributed by atoms with Crippen LogP contribution < -0.4 is 9.47 Å². The van der Waals surface area contributed by atoms with Gasteiger partial charge < -0.3 is 9.47 Å². The summed E-state index contributed by atoms with van der Waals surface area (Å²) in [6, 6.07) is 1.94. The van der Waals surface area contributed by atoms with Crippen molar-refractivity contribution in [1.82, 2.24) is 4.98 Å². The van der Waals surface area contributed by atoms with Crippen molar-refractivity contribution in [1.29, 1.82) is 0 Å². The Morgan fingerprint density at radius 3 is 3.17 bits per heavy atom. The van der Waals surface area contributed by atoms with Crippen LogP contribution >= 0.6 is 0 Å². The molecule has 0 fully saturated rings. The van der Waals surface area contributed by atoms with E-state index in [0.29, 0.717) is 5.88 Å². The summed E-state index contributed by atoms with van der Waals surface area (Å²) in [6.45, 7) is 2.80. The molecular formula is C9H11NO2. The first-order valence-corrected chi connectivity index (χ1v) is 3.98. The Morgan fingerprint density at radius 2 is 2.42 bits per heavy atom. The summed E-state index contributed by atoms with van der Waals surface area (Å²) in [4.78, 5) is 4.19. The predicted molar refractivity (Wildman–Crippen MR) is 44.7 cm³/mol. The summed E-state index contributed by atoms with van der Waals surface area (Å²) in [5.74, 6) is 1.38. The van der Waals surface area contributed by atoms with E-state index in [2.05, 4.69) is 11.9 Å². The number of aryl methyl sites for hydroxylation is 1. The first kappa shape index (κ1) is 7.40. The second kappa shape index (κ2) is 2.66. The molecule has 2 heterocycles. The maximum absolute atomic E-state index is 5.33. The monoisotopic (exact) mass is 165 g/mol. The van der Waals surface area contributed by atoms with Crippen molar-refractivity contribution in [3.63, 3.8) is 0 Å². The molecule has 3 nitrogen and oxygen atoms in total. The molecule has 12 heavy (non-hydrogen) atoms. The average Bonchev–Trinajstić information content (AvgIpc) is 2.52. The van der Waals surface area contributed by atoms with Crippen LogP contribution in [0.5, 0.6) is 11.8 Å². The van der Waals surface area contributed by atoms with E-state index < -0.39 is 0 Å². The van der Waals surface area contributed by atoms with E-state index in [1.807, 2.05) is 6.07 Å². The number of methoxy groups -OCH3 is 1. The summed E-state index contributed by atoms with van der Waals surface area (Å²) >= 11 is 0. The standard InChI is InChI=1S/C9H11NO2/c1-6-5-8(11-2)10-9-7(6)3-4-12-9/h5H,3-4H2,1-2H3. The zero-order valence-electron chi connectivity index (χ0n) is 7.26. The minimum absolute atomic E-state index is 0.633. The number of rotatable bonds is 1. The molecule has 1 aromatic heterocycles. The van der Waals surface area contributed by atoms with Gasteiger partial charge in [-0.3, -0.25) is 0 Å². The van der Waals surface area contributed by atoms with Gasteiger partial charge in [-0.05, 0) is 12.5 Å². The number of pyridine rings is 1. The van der Waals surface area contributed by atoms with Crippen LogP contribution in [0.25, 0.3) is 0 Å². The first-order chi connectivity index (χ1) is 5.81. The van der Waals surface area contributed by atoms with Gasteiger partial charge in [0.05, 0.1) is 13.7 Å². The van der Waals surface area contributed by atoms with Gasteiger partial charge in [-0.25, -0.2) is 0 Å². The van der Waals surface area contributed by atoms with Gasteiger partial charge in [-0.1, -0.05) is 0 Å².